The Bertz CT molecular complexity index is 456. The van der Waals surface area contributed by atoms with Crippen molar-refractivity contribution in [3.63, 3.8) is 0 Å². The number of rotatable bonds is 8. The molecule has 22 heavy (non-hydrogen) atoms. The van der Waals surface area contributed by atoms with E-state index in [1.165, 1.54) is 0 Å². The van der Waals surface area contributed by atoms with Crippen LogP contribution in [0.5, 0.6) is 5.75 Å². The first-order chi connectivity index (χ1) is 10.0. The molecule has 0 aliphatic rings. The number of halogens is 1. The van der Waals surface area contributed by atoms with Crippen LogP contribution in [0.1, 0.15) is 26.2 Å². The van der Waals surface area contributed by atoms with Crippen molar-refractivity contribution in [3.8, 4) is 5.75 Å². The zero-order valence-electron chi connectivity index (χ0n) is 12.5. The van der Waals surface area contributed by atoms with Crippen molar-refractivity contribution in [1.29, 1.82) is 0 Å². The van der Waals surface area contributed by atoms with Crippen LogP contribution in [-0.2, 0) is 9.59 Å². The van der Waals surface area contributed by atoms with Crippen molar-refractivity contribution in [2.75, 3.05) is 6.61 Å². The van der Waals surface area contributed by atoms with Gasteiger partial charge in [0.25, 0.3) is 11.8 Å². The van der Waals surface area contributed by atoms with Gasteiger partial charge in [-0.1, -0.05) is 38.0 Å². The van der Waals surface area contributed by atoms with E-state index in [9.17, 15) is 14.7 Å². The predicted octanol–water partition coefficient (Wildman–Crippen LogP) is 1.01. The topological polar surface area (TPSA) is 102 Å². The standard InChI is InChI=1S/C15H22N2O4.ClH/c1-2-3-9-12(16)14(19)15(20)17-13(18)10-21-11-7-5-4-6-8-11;/h4-8,12,14,19H,2-3,9-10,16H2,1H3,(H,17,18,20);1H/t12-,14+;/m1./s1. The maximum absolute atomic E-state index is 11.7. The van der Waals surface area contributed by atoms with E-state index in [4.69, 9.17) is 10.5 Å². The van der Waals surface area contributed by atoms with Crippen LogP contribution < -0.4 is 15.8 Å². The van der Waals surface area contributed by atoms with Gasteiger partial charge >= 0.3 is 0 Å². The van der Waals surface area contributed by atoms with Gasteiger partial charge in [0, 0.05) is 6.04 Å². The van der Waals surface area contributed by atoms with Gasteiger partial charge in [0.2, 0.25) is 0 Å². The molecule has 0 aromatic heterocycles. The molecular formula is C15H23ClN2O4. The number of para-hydroxylation sites is 1. The van der Waals surface area contributed by atoms with Crippen LogP contribution in [0.2, 0.25) is 0 Å². The lowest BCUT2D eigenvalue weighted by molar-refractivity contribution is -0.137. The van der Waals surface area contributed by atoms with Crippen LogP contribution in [0.15, 0.2) is 30.3 Å². The number of hydrogen-bond donors (Lipinski definition) is 3. The van der Waals surface area contributed by atoms with E-state index in [2.05, 4.69) is 5.32 Å². The number of nitrogens with two attached hydrogens (primary N) is 1. The largest absolute Gasteiger partial charge is 0.484 e. The Morgan fingerprint density at radius 1 is 1.32 bits per heavy atom. The molecule has 0 fully saturated rings. The van der Waals surface area contributed by atoms with E-state index in [0.717, 1.165) is 12.8 Å². The third-order valence-electron chi connectivity index (χ3n) is 2.94. The van der Waals surface area contributed by atoms with Gasteiger partial charge in [-0.3, -0.25) is 14.9 Å². The molecule has 0 bridgehead atoms. The zero-order valence-corrected chi connectivity index (χ0v) is 13.3. The molecule has 0 unspecified atom stereocenters. The zero-order chi connectivity index (χ0) is 15.7. The molecule has 2 amide bonds. The fraction of sp³-hybridized carbons (Fsp3) is 0.467. The quantitative estimate of drug-likeness (QED) is 0.660. The number of benzene rings is 1. The first kappa shape index (κ1) is 20.4. The molecule has 0 saturated carbocycles. The molecule has 1 aromatic carbocycles. The molecule has 0 aliphatic carbocycles. The molecule has 0 heterocycles. The number of carbonyl (C=O) groups excluding carboxylic acids is 2. The lowest BCUT2D eigenvalue weighted by Gasteiger charge is -2.17. The maximum Gasteiger partial charge on any atom is 0.264 e. The summed E-state index contributed by atoms with van der Waals surface area (Å²) >= 11 is 0. The monoisotopic (exact) mass is 330 g/mol. The van der Waals surface area contributed by atoms with Gasteiger partial charge in [0.15, 0.2) is 6.61 Å². The number of unbranched alkanes of at least 4 members (excludes halogenated alkanes) is 1. The number of nitrogens with one attached hydrogen (secondary N) is 1. The Morgan fingerprint density at radius 2 is 1.95 bits per heavy atom. The van der Waals surface area contributed by atoms with Gasteiger partial charge in [-0.25, -0.2) is 0 Å². The van der Waals surface area contributed by atoms with Crippen LogP contribution in [0.4, 0.5) is 0 Å². The van der Waals surface area contributed by atoms with Crippen molar-refractivity contribution >= 4 is 24.2 Å². The molecule has 0 spiro atoms. The summed E-state index contributed by atoms with van der Waals surface area (Å²) < 4.78 is 5.20. The van der Waals surface area contributed by atoms with Gasteiger partial charge in [0.05, 0.1) is 0 Å². The minimum atomic E-state index is -1.39. The number of imide groups is 1. The van der Waals surface area contributed by atoms with E-state index in [-0.39, 0.29) is 19.0 Å². The third-order valence-corrected chi connectivity index (χ3v) is 2.94. The van der Waals surface area contributed by atoms with E-state index >= 15 is 0 Å². The average molecular weight is 331 g/mol. The first-order valence-corrected chi connectivity index (χ1v) is 6.99. The van der Waals surface area contributed by atoms with Gasteiger partial charge in [-0.05, 0) is 18.6 Å². The molecular weight excluding hydrogens is 308 g/mol. The highest BCUT2D eigenvalue weighted by Gasteiger charge is 2.24. The second-order valence-electron chi connectivity index (χ2n) is 4.77. The molecule has 1 rings (SSSR count). The smallest absolute Gasteiger partial charge is 0.264 e. The first-order valence-electron chi connectivity index (χ1n) is 6.99. The number of carbonyl (C=O) groups is 2. The molecule has 6 nitrogen and oxygen atoms in total. The molecule has 0 radical (unpaired) electrons. The number of aliphatic hydroxyl groups excluding tert-OH is 1. The summed E-state index contributed by atoms with van der Waals surface area (Å²) in [7, 11) is 0. The summed E-state index contributed by atoms with van der Waals surface area (Å²) in [6, 6.07) is 8.09. The Morgan fingerprint density at radius 3 is 2.55 bits per heavy atom. The highest BCUT2D eigenvalue weighted by molar-refractivity contribution is 5.98. The van der Waals surface area contributed by atoms with E-state index in [1.807, 2.05) is 13.0 Å². The summed E-state index contributed by atoms with van der Waals surface area (Å²) in [6.45, 7) is 1.69. The summed E-state index contributed by atoms with van der Waals surface area (Å²) in [6.07, 6.45) is 0.875. The molecule has 124 valence electrons. The lowest BCUT2D eigenvalue weighted by Crippen LogP contribution is -2.49. The Kier molecular flexibility index (Phi) is 10.2. The van der Waals surface area contributed by atoms with Gasteiger partial charge < -0.3 is 15.6 Å². The van der Waals surface area contributed by atoms with Crippen molar-refractivity contribution in [1.82, 2.24) is 5.32 Å². The highest BCUT2D eigenvalue weighted by atomic mass is 35.5. The van der Waals surface area contributed by atoms with Crippen molar-refractivity contribution in [3.05, 3.63) is 30.3 Å². The van der Waals surface area contributed by atoms with Crippen molar-refractivity contribution in [2.45, 2.75) is 38.3 Å². The SMILES string of the molecule is CCCC[C@@H](N)[C@H](O)C(=O)NC(=O)COc1ccccc1.Cl. The van der Waals surface area contributed by atoms with Crippen molar-refractivity contribution in [2.24, 2.45) is 5.73 Å². The van der Waals surface area contributed by atoms with E-state index < -0.39 is 24.0 Å². The molecule has 4 N–H and O–H groups in total. The molecule has 0 saturated heterocycles. The van der Waals surface area contributed by atoms with Crippen LogP contribution in [0.3, 0.4) is 0 Å². The Hall–Kier alpha value is -1.63. The van der Waals surface area contributed by atoms with Gasteiger partial charge in [0.1, 0.15) is 11.9 Å². The Labute approximate surface area is 136 Å². The normalized spacial score (nSPS) is 12.7. The van der Waals surface area contributed by atoms with Crippen LogP contribution in [-0.4, -0.2) is 35.7 Å². The summed E-state index contributed by atoms with van der Waals surface area (Å²) in [5.74, 6) is -0.883. The minimum Gasteiger partial charge on any atom is -0.484 e. The molecule has 0 aliphatic heterocycles. The fourth-order valence-corrected chi connectivity index (χ4v) is 1.71. The third kappa shape index (κ3) is 7.40. The van der Waals surface area contributed by atoms with Gasteiger partial charge in [-0.15, -0.1) is 12.4 Å². The fourth-order valence-electron chi connectivity index (χ4n) is 1.71. The average Bonchev–Trinajstić information content (AvgIpc) is 2.50. The van der Waals surface area contributed by atoms with Crippen LogP contribution in [0, 0.1) is 0 Å². The summed E-state index contributed by atoms with van der Waals surface area (Å²) in [4.78, 5) is 23.2. The number of amides is 2. The second-order valence-corrected chi connectivity index (χ2v) is 4.77. The Balaban J connectivity index is 0.00000441. The van der Waals surface area contributed by atoms with Crippen LogP contribution in [0.25, 0.3) is 0 Å². The lowest BCUT2D eigenvalue weighted by atomic mass is 10.0. The maximum atomic E-state index is 11.7. The highest BCUT2D eigenvalue weighted by Crippen LogP contribution is 2.07. The number of ether oxygens (including phenoxy) is 1. The van der Waals surface area contributed by atoms with Crippen molar-refractivity contribution < 1.29 is 19.4 Å². The minimum absolute atomic E-state index is 0. The predicted molar refractivity (Wildman–Crippen MR) is 85.8 cm³/mol. The number of hydrogen-bond acceptors (Lipinski definition) is 5. The molecule has 2 atom stereocenters. The van der Waals surface area contributed by atoms with Gasteiger partial charge in [-0.2, -0.15) is 0 Å². The van der Waals surface area contributed by atoms with Crippen LogP contribution >= 0.6 is 12.4 Å². The number of aliphatic hydroxyl groups is 1. The second kappa shape index (κ2) is 11.0. The summed E-state index contributed by atoms with van der Waals surface area (Å²) in [5.41, 5.74) is 5.69. The van der Waals surface area contributed by atoms with E-state index in [0.29, 0.717) is 12.2 Å². The summed E-state index contributed by atoms with van der Waals surface area (Å²) in [5, 5.41) is 11.8. The van der Waals surface area contributed by atoms with E-state index in [1.54, 1.807) is 24.3 Å². The molecule has 7 heteroatoms. The molecule has 1 aromatic rings.